The van der Waals surface area contributed by atoms with E-state index in [-0.39, 0.29) is 5.56 Å². The fourth-order valence-electron chi connectivity index (χ4n) is 3.35. The molecular weight excluding hydrogens is 356 g/mol. The Bertz CT molecular complexity index is 1270. The number of rotatable bonds is 4. The van der Waals surface area contributed by atoms with E-state index >= 15 is 0 Å². The highest BCUT2D eigenvalue weighted by molar-refractivity contribution is 7.17. The lowest BCUT2D eigenvalue weighted by molar-refractivity contribution is 0.668. The van der Waals surface area contributed by atoms with Crippen LogP contribution in [-0.4, -0.2) is 18.9 Å². The number of imidazole rings is 1. The van der Waals surface area contributed by atoms with E-state index < -0.39 is 0 Å². The van der Waals surface area contributed by atoms with Gasteiger partial charge in [-0.05, 0) is 35.9 Å². The molecule has 0 spiro atoms. The maximum atomic E-state index is 13.1. The Balaban J connectivity index is 1.50. The fraction of sp³-hybridized carbons (Fsp3) is 0.0952. The van der Waals surface area contributed by atoms with Gasteiger partial charge in [-0.2, -0.15) is 0 Å². The number of hydrogen-bond acceptors (Lipinski definition) is 4. The zero-order chi connectivity index (χ0) is 18.2. The average molecular weight is 372 g/mol. The standard InChI is InChI=1S/C21H16N4OS/c26-21-20-17(15-4-8-22-9-5-15)14-27-18(20)7-12-24(21)11-6-16-13-25-10-2-1-3-19(25)23-16/h1-5,7-10,12-14H,6,11H2. The highest BCUT2D eigenvalue weighted by atomic mass is 32.1. The van der Waals surface area contributed by atoms with E-state index in [2.05, 4.69) is 9.97 Å². The SMILES string of the molecule is O=c1c2c(-c3ccncc3)csc2ccn1CCc1cn2ccccc2n1. The lowest BCUT2D eigenvalue weighted by Gasteiger charge is -2.06. The predicted octanol–water partition coefficient (Wildman–Crippen LogP) is 4.02. The van der Waals surface area contributed by atoms with E-state index in [0.29, 0.717) is 13.0 Å². The maximum absolute atomic E-state index is 13.1. The molecule has 5 rings (SSSR count). The van der Waals surface area contributed by atoms with Gasteiger partial charge in [0.25, 0.3) is 5.56 Å². The van der Waals surface area contributed by atoms with Gasteiger partial charge < -0.3 is 8.97 Å². The van der Waals surface area contributed by atoms with Crippen molar-refractivity contribution in [2.24, 2.45) is 0 Å². The Morgan fingerprint density at radius 1 is 1.04 bits per heavy atom. The molecule has 0 aromatic carbocycles. The minimum atomic E-state index is 0.0457. The van der Waals surface area contributed by atoms with Crippen LogP contribution in [0.1, 0.15) is 5.69 Å². The molecule has 0 fully saturated rings. The number of hydrogen-bond donors (Lipinski definition) is 0. The van der Waals surface area contributed by atoms with Crippen LogP contribution < -0.4 is 5.56 Å². The molecule has 0 aliphatic carbocycles. The molecular formula is C21H16N4OS. The van der Waals surface area contributed by atoms with E-state index in [1.165, 1.54) is 0 Å². The van der Waals surface area contributed by atoms with Crippen LogP contribution >= 0.6 is 11.3 Å². The van der Waals surface area contributed by atoms with Gasteiger partial charge in [0.1, 0.15) is 5.65 Å². The van der Waals surface area contributed by atoms with Crippen molar-refractivity contribution in [1.82, 2.24) is 18.9 Å². The molecule has 0 bridgehead atoms. The van der Waals surface area contributed by atoms with Crippen molar-refractivity contribution >= 4 is 27.1 Å². The van der Waals surface area contributed by atoms with E-state index in [4.69, 9.17) is 0 Å². The molecule has 0 atom stereocenters. The second kappa shape index (κ2) is 6.48. The molecule has 132 valence electrons. The van der Waals surface area contributed by atoms with Gasteiger partial charge in [0.15, 0.2) is 0 Å². The van der Waals surface area contributed by atoms with Crippen molar-refractivity contribution in [2.75, 3.05) is 0 Å². The Morgan fingerprint density at radius 3 is 2.78 bits per heavy atom. The zero-order valence-electron chi connectivity index (χ0n) is 14.4. The van der Waals surface area contributed by atoms with Crippen molar-refractivity contribution in [3.63, 3.8) is 0 Å². The predicted molar refractivity (Wildman–Crippen MR) is 108 cm³/mol. The lowest BCUT2D eigenvalue weighted by Crippen LogP contribution is -2.20. The maximum Gasteiger partial charge on any atom is 0.259 e. The molecule has 0 amide bonds. The summed E-state index contributed by atoms with van der Waals surface area (Å²) in [7, 11) is 0. The summed E-state index contributed by atoms with van der Waals surface area (Å²) in [5.41, 5.74) is 3.95. The largest absolute Gasteiger partial charge is 0.315 e. The molecule has 5 aromatic heterocycles. The Hall–Kier alpha value is -3.25. The molecule has 5 nitrogen and oxygen atoms in total. The summed E-state index contributed by atoms with van der Waals surface area (Å²) in [5, 5.41) is 2.83. The molecule has 0 radical (unpaired) electrons. The Morgan fingerprint density at radius 2 is 1.93 bits per heavy atom. The van der Waals surface area contributed by atoms with Crippen LogP contribution in [0.3, 0.4) is 0 Å². The third-order valence-electron chi connectivity index (χ3n) is 4.71. The molecule has 5 heterocycles. The number of pyridine rings is 3. The molecule has 5 aromatic rings. The first-order valence-electron chi connectivity index (χ1n) is 8.73. The molecule has 0 saturated heterocycles. The van der Waals surface area contributed by atoms with Crippen LogP contribution in [0.25, 0.3) is 26.9 Å². The summed E-state index contributed by atoms with van der Waals surface area (Å²) in [5.74, 6) is 0. The van der Waals surface area contributed by atoms with Gasteiger partial charge in [-0.3, -0.25) is 9.78 Å². The summed E-state index contributed by atoms with van der Waals surface area (Å²) in [6, 6.07) is 11.8. The first-order chi connectivity index (χ1) is 13.3. The van der Waals surface area contributed by atoms with Gasteiger partial charge >= 0.3 is 0 Å². The average Bonchev–Trinajstić information content (AvgIpc) is 3.32. The fourth-order valence-corrected chi connectivity index (χ4v) is 4.30. The smallest absolute Gasteiger partial charge is 0.259 e. The second-order valence-electron chi connectivity index (χ2n) is 6.39. The monoisotopic (exact) mass is 372 g/mol. The highest BCUT2D eigenvalue weighted by Crippen LogP contribution is 2.31. The second-order valence-corrected chi connectivity index (χ2v) is 7.30. The van der Waals surface area contributed by atoms with Crippen molar-refractivity contribution in [1.29, 1.82) is 0 Å². The van der Waals surface area contributed by atoms with Crippen molar-refractivity contribution < 1.29 is 0 Å². The van der Waals surface area contributed by atoms with E-state index in [1.807, 2.05) is 64.8 Å². The third kappa shape index (κ3) is 2.84. The number of aromatic nitrogens is 4. The molecule has 0 saturated carbocycles. The van der Waals surface area contributed by atoms with E-state index in [9.17, 15) is 4.79 Å². The van der Waals surface area contributed by atoms with Crippen LogP contribution in [-0.2, 0) is 13.0 Å². The van der Waals surface area contributed by atoms with Gasteiger partial charge in [-0.1, -0.05) is 6.07 Å². The first-order valence-corrected chi connectivity index (χ1v) is 9.61. The van der Waals surface area contributed by atoms with E-state index in [0.717, 1.165) is 32.6 Å². The zero-order valence-corrected chi connectivity index (χ0v) is 15.3. The summed E-state index contributed by atoms with van der Waals surface area (Å²) < 4.78 is 4.79. The molecule has 6 heteroatoms. The molecule has 0 aliphatic rings. The lowest BCUT2D eigenvalue weighted by atomic mass is 10.1. The molecule has 0 unspecified atom stereocenters. The van der Waals surface area contributed by atoms with Gasteiger partial charge in [0.2, 0.25) is 0 Å². The summed E-state index contributed by atoms with van der Waals surface area (Å²) >= 11 is 1.60. The Labute approximate surface area is 159 Å². The molecule has 27 heavy (non-hydrogen) atoms. The first kappa shape index (κ1) is 16.0. The van der Waals surface area contributed by atoms with Crippen molar-refractivity contribution in [3.8, 4) is 11.1 Å². The number of aryl methyl sites for hydroxylation is 2. The van der Waals surface area contributed by atoms with Gasteiger partial charge in [-0.25, -0.2) is 4.98 Å². The van der Waals surface area contributed by atoms with Gasteiger partial charge in [-0.15, -0.1) is 11.3 Å². The molecule has 0 N–H and O–H groups in total. The van der Waals surface area contributed by atoms with Crippen molar-refractivity contribution in [3.05, 3.63) is 88.8 Å². The van der Waals surface area contributed by atoms with Gasteiger partial charge in [0.05, 0.1) is 11.1 Å². The molecule has 0 aliphatic heterocycles. The van der Waals surface area contributed by atoms with Crippen LogP contribution in [0.5, 0.6) is 0 Å². The van der Waals surface area contributed by atoms with Gasteiger partial charge in [0, 0.05) is 59.6 Å². The minimum absolute atomic E-state index is 0.0457. The normalized spacial score (nSPS) is 11.4. The topological polar surface area (TPSA) is 52.2 Å². The summed E-state index contributed by atoms with van der Waals surface area (Å²) in [6.07, 6.45) is 10.1. The minimum Gasteiger partial charge on any atom is -0.315 e. The summed E-state index contributed by atoms with van der Waals surface area (Å²) in [6.45, 7) is 0.601. The van der Waals surface area contributed by atoms with Crippen LogP contribution in [0, 0.1) is 0 Å². The van der Waals surface area contributed by atoms with E-state index in [1.54, 1.807) is 28.3 Å². The summed E-state index contributed by atoms with van der Waals surface area (Å²) in [4.78, 5) is 21.8. The Kier molecular flexibility index (Phi) is 3.83. The third-order valence-corrected chi connectivity index (χ3v) is 5.66. The quantitative estimate of drug-likeness (QED) is 0.479. The highest BCUT2D eigenvalue weighted by Gasteiger charge is 2.12. The van der Waals surface area contributed by atoms with Crippen LogP contribution in [0.15, 0.2) is 77.6 Å². The number of nitrogens with zero attached hydrogens (tertiary/aromatic N) is 4. The van der Waals surface area contributed by atoms with Crippen LogP contribution in [0.2, 0.25) is 0 Å². The van der Waals surface area contributed by atoms with Crippen molar-refractivity contribution in [2.45, 2.75) is 13.0 Å². The number of fused-ring (bicyclic) bond motifs is 2. The van der Waals surface area contributed by atoms with Crippen LogP contribution in [0.4, 0.5) is 0 Å². The number of thiophene rings is 1.